The van der Waals surface area contributed by atoms with Crippen LogP contribution in [0.15, 0.2) is 36.5 Å². The molecular weight excluding hydrogens is 222 g/mol. The highest BCUT2D eigenvalue weighted by molar-refractivity contribution is 5.40. The van der Waals surface area contributed by atoms with Crippen molar-refractivity contribution in [2.75, 3.05) is 5.73 Å². The second-order valence-corrected chi connectivity index (χ2v) is 5.73. The first-order valence-electron chi connectivity index (χ1n) is 6.48. The average Bonchev–Trinajstić information content (AvgIpc) is 2.76. The quantitative estimate of drug-likeness (QED) is 0.833. The Labute approximate surface area is 108 Å². The third-order valence-electron chi connectivity index (χ3n) is 4.09. The van der Waals surface area contributed by atoms with Crippen LogP contribution in [-0.4, -0.2) is 9.78 Å². The molecule has 1 aromatic heterocycles. The molecule has 3 nitrogen and oxygen atoms in total. The summed E-state index contributed by atoms with van der Waals surface area (Å²) in [5, 5.41) is 4.38. The molecule has 18 heavy (non-hydrogen) atoms. The summed E-state index contributed by atoms with van der Waals surface area (Å²) in [6.07, 6.45) is 4.03. The molecule has 1 aliphatic carbocycles. The molecule has 3 rings (SSSR count). The van der Waals surface area contributed by atoms with E-state index in [-0.39, 0.29) is 11.5 Å². The number of nitrogens with zero attached hydrogens (tertiary/aromatic N) is 2. The number of aromatic nitrogens is 2. The molecule has 1 aromatic carbocycles. The van der Waals surface area contributed by atoms with Gasteiger partial charge in [-0.05, 0) is 35.4 Å². The van der Waals surface area contributed by atoms with Gasteiger partial charge in [0, 0.05) is 0 Å². The van der Waals surface area contributed by atoms with Gasteiger partial charge in [-0.2, -0.15) is 5.10 Å². The first-order valence-corrected chi connectivity index (χ1v) is 6.48. The molecule has 3 heteroatoms. The Bertz CT molecular complexity index is 569. The molecule has 1 atom stereocenters. The molecule has 1 heterocycles. The van der Waals surface area contributed by atoms with Crippen LogP contribution in [0.3, 0.4) is 0 Å². The van der Waals surface area contributed by atoms with Crippen LogP contribution in [0.5, 0.6) is 0 Å². The van der Waals surface area contributed by atoms with Crippen molar-refractivity contribution in [3.05, 3.63) is 47.7 Å². The molecule has 0 saturated carbocycles. The Balaban J connectivity index is 2.13. The van der Waals surface area contributed by atoms with E-state index in [4.69, 9.17) is 5.73 Å². The summed E-state index contributed by atoms with van der Waals surface area (Å²) < 4.78 is 1.95. The third kappa shape index (κ3) is 1.62. The van der Waals surface area contributed by atoms with Gasteiger partial charge in [0.05, 0.1) is 12.2 Å². The van der Waals surface area contributed by atoms with E-state index in [0.29, 0.717) is 0 Å². The maximum atomic E-state index is 6.00. The minimum Gasteiger partial charge on any atom is -0.384 e. The van der Waals surface area contributed by atoms with E-state index in [1.165, 1.54) is 11.1 Å². The minimum atomic E-state index is 0.245. The monoisotopic (exact) mass is 241 g/mol. The molecule has 0 spiro atoms. The van der Waals surface area contributed by atoms with Gasteiger partial charge >= 0.3 is 0 Å². The zero-order valence-electron chi connectivity index (χ0n) is 10.9. The first kappa shape index (κ1) is 11.3. The smallest absolute Gasteiger partial charge is 0.122 e. The van der Waals surface area contributed by atoms with Crippen molar-refractivity contribution in [3.8, 4) is 0 Å². The largest absolute Gasteiger partial charge is 0.384 e. The highest BCUT2D eigenvalue weighted by Gasteiger charge is 2.33. The van der Waals surface area contributed by atoms with E-state index in [9.17, 15) is 0 Å². The van der Waals surface area contributed by atoms with Crippen LogP contribution in [0, 0.1) is 0 Å². The summed E-state index contributed by atoms with van der Waals surface area (Å²) >= 11 is 0. The Morgan fingerprint density at radius 1 is 1.28 bits per heavy atom. The fourth-order valence-corrected chi connectivity index (χ4v) is 3.03. The van der Waals surface area contributed by atoms with E-state index in [1.807, 2.05) is 10.7 Å². The van der Waals surface area contributed by atoms with Crippen LogP contribution in [0.1, 0.15) is 43.9 Å². The van der Waals surface area contributed by atoms with Crippen LogP contribution in [0.2, 0.25) is 0 Å². The van der Waals surface area contributed by atoms with Crippen molar-refractivity contribution in [1.29, 1.82) is 0 Å². The minimum absolute atomic E-state index is 0.245. The molecule has 0 bridgehead atoms. The van der Waals surface area contributed by atoms with Crippen molar-refractivity contribution < 1.29 is 0 Å². The lowest BCUT2D eigenvalue weighted by atomic mass is 9.71. The maximum Gasteiger partial charge on any atom is 0.122 e. The lowest BCUT2D eigenvalue weighted by Crippen LogP contribution is -2.29. The van der Waals surface area contributed by atoms with E-state index < -0.39 is 0 Å². The number of anilines is 1. The molecular formula is C15H19N3. The van der Waals surface area contributed by atoms with Gasteiger partial charge in [0.2, 0.25) is 0 Å². The van der Waals surface area contributed by atoms with Gasteiger partial charge < -0.3 is 5.73 Å². The molecule has 0 amide bonds. The zero-order chi connectivity index (χ0) is 12.8. The molecule has 0 saturated heterocycles. The third-order valence-corrected chi connectivity index (χ3v) is 4.09. The number of benzene rings is 1. The fraction of sp³-hybridized carbons (Fsp3) is 0.400. The van der Waals surface area contributed by atoms with Crippen LogP contribution in [0.4, 0.5) is 5.82 Å². The summed E-state index contributed by atoms with van der Waals surface area (Å²) in [7, 11) is 0. The SMILES string of the molecule is CC1(C)CCC(n2nccc2N)c2ccccc21. The predicted octanol–water partition coefficient (Wildman–Crippen LogP) is 3.13. The lowest BCUT2D eigenvalue weighted by Gasteiger charge is -2.37. The number of hydrogen-bond donors (Lipinski definition) is 1. The number of rotatable bonds is 1. The summed E-state index contributed by atoms with van der Waals surface area (Å²) in [6, 6.07) is 10.8. The van der Waals surface area contributed by atoms with Crippen LogP contribution in [0.25, 0.3) is 0 Å². The van der Waals surface area contributed by atoms with E-state index in [0.717, 1.165) is 18.7 Å². The van der Waals surface area contributed by atoms with Gasteiger partial charge in [0.15, 0.2) is 0 Å². The molecule has 2 aromatic rings. The summed E-state index contributed by atoms with van der Waals surface area (Å²) in [6.45, 7) is 4.63. The summed E-state index contributed by atoms with van der Waals surface area (Å²) in [5.74, 6) is 0.745. The van der Waals surface area contributed by atoms with Gasteiger partial charge in [-0.1, -0.05) is 38.1 Å². The molecule has 2 N–H and O–H groups in total. The molecule has 0 radical (unpaired) electrons. The van der Waals surface area contributed by atoms with Crippen LogP contribution in [-0.2, 0) is 5.41 Å². The summed E-state index contributed by atoms with van der Waals surface area (Å²) in [5.41, 5.74) is 9.03. The second kappa shape index (κ2) is 3.87. The Hall–Kier alpha value is -1.77. The number of hydrogen-bond acceptors (Lipinski definition) is 2. The average molecular weight is 241 g/mol. The molecule has 1 unspecified atom stereocenters. The standard InChI is InChI=1S/C15H19N3/c1-15(2)9-7-13(18-14(16)8-10-17-18)11-5-3-4-6-12(11)15/h3-6,8,10,13H,7,9,16H2,1-2H3. The molecule has 0 aliphatic heterocycles. The normalized spacial score (nSPS) is 21.6. The van der Waals surface area contributed by atoms with E-state index in [1.54, 1.807) is 6.20 Å². The van der Waals surface area contributed by atoms with Gasteiger partial charge in [-0.15, -0.1) is 0 Å². The number of nitrogens with two attached hydrogens (primary N) is 1. The molecule has 0 fully saturated rings. The van der Waals surface area contributed by atoms with Crippen molar-refractivity contribution in [3.63, 3.8) is 0 Å². The van der Waals surface area contributed by atoms with Crippen LogP contribution >= 0.6 is 0 Å². The predicted molar refractivity (Wildman–Crippen MR) is 73.5 cm³/mol. The van der Waals surface area contributed by atoms with E-state index in [2.05, 4.69) is 43.2 Å². The number of nitrogen functional groups attached to an aromatic ring is 1. The highest BCUT2D eigenvalue weighted by atomic mass is 15.3. The van der Waals surface area contributed by atoms with Crippen LogP contribution < -0.4 is 5.73 Å². The Morgan fingerprint density at radius 2 is 2.06 bits per heavy atom. The van der Waals surface area contributed by atoms with Crippen molar-refractivity contribution in [2.24, 2.45) is 0 Å². The fourth-order valence-electron chi connectivity index (χ4n) is 3.03. The topological polar surface area (TPSA) is 43.8 Å². The zero-order valence-corrected chi connectivity index (χ0v) is 10.9. The lowest BCUT2D eigenvalue weighted by molar-refractivity contribution is 0.356. The van der Waals surface area contributed by atoms with Crippen molar-refractivity contribution in [2.45, 2.75) is 38.1 Å². The number of fused-ring (bicyclic) bond motifs is 1. The van der Waals surface area contributed by atoms with E-state index >= 15 is 0 Å². The second-order valence-electron chi connectivity index (χ2n) is 5.73. The maximum absolute atomic E-state index is 6.00. The summed E-state index contributed by atoms with van der Waals surface area (Å²) in [4.78, 5) is 0. The molecule has 1 aliphatic rings. The highest BCUT2D eigenvalue weighted by Crippen LogP contribution is 2.43. The van der Waals surface area contributed by atoms with Gasteiger partial charge in [-0.25, -0.2) is 4.68 Å². The Kier molecular flexibility index (Phi) is 2.44. The van der Waals surface area contributed by atoms with Crippen molar-refractivity contribution >= 4 is 5.82 Å². The van der Waals surface area contributed by atoms with Gasteiger partial charge in [-0.3, -0.25) is 0 Å². The van der Waals surface area contributed by atoms with Crippen molar-refractivity contribution in [1.82, 2.24) is 9.78 Å². The van der Waals surface area contributed by atoms with Gasteiger partial charge in [0.1, 0.15) is 5.82 Å². The molecule has 94 valence electrons. The first-order chi connectivity index (χ1) is 8.59. The van der Waals surface area contributed by atoms with Gasteiger partial charge in [0.25, 0.3) is 0 Å². The Morgan fingerprint density at radius 3 is 2.78 bits per heavy atom.